The van der Waals surface area contributed by atoms with E-state index in [1.165, 1.54) is 0 Å². The quantitative estimate of drug-likeness (QED) is 0.355. The summed E-state index contributed by atoms with van der Waals surface area (Å²) in [7, 11) is -0.361. The van der Waals surface area contributed by atoms with Crippen LogP contribution in [0.4, 0.5) is 4.79 Å². The molecule has 0 aliphatic carbocycles. The maximum absolute atomic E-state index is 13.5. The molecule has 2 fully saturated rings. The number of hydrogen-bond donors (Lipinski definition) is 1. The number of benzene rings is 1. The van der Waals surface area contributed by atoms with Gasteiger partial charge in [0.2, 0.25) is 5.91 Å². The van der Waals surface area contributed by atoms with Crippen molar-refractivity contribution >= 4 is 25.1 Å². The third-order valence-electron chi connectivity index (χ3n) is 7.99. The summed E-state index contributed by atoms with van der Waals surface area (Å²) in [5.41, 5.74) is -1.54. The lowest BCUT2D eigenvalue weighted by Gasteiger charge is -2.43. The summed E-state index contributed by atoms with van der Waals surface area (Å²) in [6.45, 7) is 17.7. The van der Waals surface area contributed by atoms with Gasteiger partial charge in [0.25, 0.3) is 0 Å². The highest BCUT2D eigenvalue weighted by Crippen LogP contribution is 2.41. The van der Waals surface area contributed by atoms with Crippen LogP contribution in [0, 0.1) is 11.3 Å². The number of alkyl carbamates (subject to hydrolysis) is 1. The van der Waals surface area contributed by atoms with Crippen LogP contribution in [0.2, 0.25) is 6.32 Å². The maximum atomic E-state index is 13.5. The Kier molecular flexibility index (Phi) is 9.67. The molecule has 9 nitrogen and oxygen atoms in total. The van der Waals surface area contributed by atoms with Gasteiger partial charge in [-0.1, -0.05) is 36.8 Å². The molecule has 0 aromatic heterocycles. The van der Waals surface area contributed by atoms with Gasteiger partial charge in [-0.3, -0.25) is 9.59 Å². The van der Waals surface area contributed by atoms with E-state index < -0.39 is 34.4 Å². The molecule has 222 valence electrons. The zero-order valence-electron chi connectivity index (χ0n) is 25.7. The van der Waals surface area contributed by atoms with Gasteiger partial charge in [-0.05, 0) is 86.5 Å². The number of amides is 2. The van der Waals surface area contributed by atoms with Crippen molar-refractivity contribution in [2.45, 2.75) is 111 Å². The second-order valence-corrected chi connectivity index (χ2v) is 13.5. The van der Waals surface area contributed by atoms with Gasteiger partial charge < -0.3 is 29.0 Å². The van der Waals surface area contributed by atoms with Crippen molar-refractivity contribution in [1.82, 2.24) is 10.2 Å². The number of nitrogens with one attached hydrogen (secondary N) is 1. The summed E-state index contributed by atoms with van der Waals surface area (Å²) in [6, 6.07) is 8.70. The molecule has 3 atom stereocenters. The molecule has 40 heavy (non-hydrogen) atoms. The predicted octanol–water partition coefficient (Wildman–Crippen LogP) is 4.98. The van der Waals surface area contributed by atoms with Crippen LogP contribution in [-0.2, 0) is 35.0 Å². The van der Waals surface area contributed by atoms with Crippen molar-refractivity contribution in [3.63, 3.8) is 0 Å². The summed E-state index contributed by atoms with van der Waals surface area (Å²) in [5, 5.41) is 2.64. The number of hydrogen-bond acceptors (Lipinski definition) is 7. The first-order valence-corrected chi connectivity index (χ1v) is 14.3. The number of likely N-dealkylation sites (tertiary alicyclic amines) is 1. The van der Waals surface area contributed by atoms with Crippen LogP contribution >= 0.6 is 0 Å². The second kappa shape index (κ2) is 12.1. The Morgan fingerprint density at radius 3 is 2.25 bits per heavy atom. The van der Waals surface area contributed by atoms with Crippen LogP contribution in [-0.4, -0.2) is 65.9 Å². The first-order chi connectivity index (χ1) is 18.4. The minimum atomic E-state index is -0.908. The highest BCUT2D eigenvalue weighted by atomic mass is 16.7. The molecule has 10 heteroatoms. The van der Waals surface area contributed by atoms with Gasteiger partial charge in [0, 0.05) is 13.1 Å². The van der Waals surface area contributed by atoms with Gasteiger partial charge in [0.05, 0.1) is 16.6 Å². The Hall–Kier alpha value is -2.59. The Balaban J connectivity index is 1.72. The smallest absolute Gasteiger partial charge is 0.457 e. The van der Waals surface area contributed by atoms with Crippen molar-refractivity contribution in [2.75, 3.05) is 13.1 Å². The molecule has 2 saturated heterocycles. The van der Waals surface area contributed by atoms with Crippen molar-refractivity contribution in [3.8, 4) is 0 Å². The molecule has 1 aromatic rings. The van der Waals surface area contributed by atoms with E-state index in [0.29, 0.717) is 25.7 Å². The molecule has 2 amide bonds. The van der Waals surface area contributed by atoms with E-state index in [-0.39, 0.29) is 38.1 Å². The summed E-state index contributed by atoms with van der Waals surface area (Å²) in [6.07, 6.45) is 1.25. The number of carbonyl (C=O) groups excluding carboxylic acids is 3. The van der Waals surface area contributed by atoms with E-state index in [1.54, 1.807) is 32.6 Å². The van der Waals surface area contributed by atoms with Crippen molar-refractivity contribution in [2.24, 2.45) is 11.3 Å². The lowest BCUT2D eigenvalue weighted by molar-refractivity contribution is -0.163. The molecule has 3 rings (SSSR count). The number of esters is 1. The zero-order valence-corrected chi connectivity index (χ0v) is 25.7. The van der Waals surface area contributed by atoms with Crippen LogP contribution in [0.5, 0.6) is 0 Å². The largest absolute Gasteiger partial charge is 0.460 e. The number of rotatable bonds is 8. The normalized spacial score (nSPS) is 24.8. The van der Waals surface area contributed by atoms with E-state index in [1.807, 2.05) is 65.0 Å². The first kappa shape index (κ1) is 31.9. The lowest BCUT2D eigenvalue weighted by Crippen LogP contribution is -2.56. The Bertz CT molecular complexity index is 1040. The van der Waals surface area contributed by atoms with E-state index in [4.69, 9.17) is 18.8 Å². The Morgan fingerprint density at radius 2 is 1.68 bits per heavy atom. The highest BCUT2D eigenvalue weighted by molar-refractivity contribution is 6.45. The molecular weight excluding hydrogens is 511 g/mol. The molecule has 2 heterocycles. The molecule has 0 radical (unpaired) electrons. The molecule has 1 N–H and O–H groups in total. The monoisotopic (exact) mass is 558 g/mol. The molecule has 2 aliphatic rings. The van der Waals surface area contributed by atoms with Crippen LogP contribution < -0.4 is 5.32 Å². The first-order valence-electron chi connectivity index (χ1n) is 14.3. The minimum absolute atomic E-state index is 0.0136. The van der Waals surface area contributed by atoms with E-state index in [0.717, 1.165) is 5.56 Å². The van der Waals surface area contributed by atoms with Gasteiger partial charge in [-0.25, -0.2) is 4.79 Å². The predicted molar refractivity (Wildman–Crippen MR) is 153 cm³/mol. The fourth-order valence-electron chi connectivity index (χ4n) is 5.24. The van der Waals surface area contributed by atoms with Crippen molar-refractivity contribution < 1.29 is 33.2 Å². The molecule has 2 aliphatic heterocycles. The average molecular weight is 559 g/mol. The average Bonchev–Trinajstić information content (AvgIpc) is 3.05. The van der Waals surface area contributed by atoms with Crippen LogP contribution in [0.15, 0.2) is 30.3 Å². The third kappa shape index (κ3) is 8.22. The molecular formula is C30H47BN2O7. The van der Waals surface area contributed by atoms with Gasteiger partial charge >= 0.3 is 19.2 Å². The fraction of sp³-hybridized carbons (Fsp3) is 0.700. The minimum Gasteiger partial charge on any atom is -0.460 e. The summed E-state index contributed by atoms with van der Waals surface area (Å²) < 4.78 is 23.4. The summed E-state index contributed by atoms with van der Waals surface area (Å²) in [4.78, 5) is 41.0. The topological polar surface area (TPSA) is 103 Å². The lowest BCUT2D eigenvalue weighted by atomic mass is 9.71. The zero-order chi connectivity index (χ0) is 29.9. The number of carbonyl (C=O) groups is 3. The van der Waals surface area contributed by atoms with Crippen LogP contribution in [0.25, 0.3) is 0 Å². The van der Waals surface area contributed by atoms with E-state index in [9.17, 15) is 14.4 Å². The second-order valence-electron chi connectivity index (χ2n) is 13.5. The molecule has 0 saturated carbocycles. The Labute approximate surface area is 239 Å². The van der Waals surface area contributed by atoms with Gasteiger partial charge in [0.1, 0.15) is 18.2 Å². The van der Waals surface area contributed by atoms with Crippen LogP contribution in [0.3, 0.4) is 0 Å². The highest BCUT2D eigenvalue weighted by Gasteiger charge is 2.51. The molecule has 0 bridgehead atoms. The van der Waals surface area contributed by atoms with Gasteiger partial charge in [0.15, 0.2) is 0 Å². The van der Waals surface area contributed by atoms with Gasteiger partial charge in [-0.2, -0.15) is 0 Å². The Morgan fingerprint density at radius 1 is 1.07 bits per heavy atom. The molecule has 1 aromatic carbocycles. The third-order valence-corrected chi connectivity index (χ3v) is 7.99. The number of piperidine rings is 1. The maximum Gasteiger partial charge on any atom is 0.457 e. The standard InChI is InChI=1S/C30H47BN2O7/c1-21(32-26(36)38-27(2,3)4)24(34)33-18-23(15-16-31-39-28(5,6)29(7,8)40-31)17-30(9,20-33)25(35)37-19-22-13-11-10-12-14-22/h10-14,21,23H,15-20H2,1-9H3,(H,32,36)/t21-,23-,30+/m0/s1. The SMILES string of the molecule is C[C@H](NC(=O)OC(C)(C)C)C(=O)N1C[C@@H](CCB2OC(C)(C)C(C)(C)O2)C[C@@](C)(C(=O)OCc2ccccc2)C1. The number of nitrogens with zero attached hydrogens (tertiary/aromatic N) is 1. The van der Waals surface area contributed by atoms with Gasteiger partial charge in [-0.15, -0.1) is 0 Å². The van der Waals surface area contributed by atoms with E-state index >= 15 is 0 Å². The van der Waals surface area contributed by atoms with Crippen LogP contribution in [0.1, 0.15) is 80.7 Å². The van der Waals surface area contributed by atoms with E-state index in [2.05, 4.69) is 5.32 Å². The summed E-state index contributed by atoms with van der Waals surface area (Å²) >= 11 is 0. The van der Waals surface area contributed by atoms with Crippen molar-refractivity contribution in [1.29, 1.82) is 0 Å². The molecule has 0 spiro atoms. The summed E-state index contributed by atoms with van der Waals surface area (Å²) in [5.74, 6) is -0.602. The number of ether oxygens (including phenoxy) is 2. The molecule has 0 unspecified atom stereocenters. The van der Waals surface area contributed by atoms with Crippen molar-refractivity contribution in [3.05, 3.63) is 35.9 Å². The fourth-order valence-corrected chi connectivity index (χ4v) is 5.24.